The molecule has 1 heterocycles. The average molecular weight is 244 g/mol. The molecule has 1 atom stereocenters. The maximum absolute atomic E-state index is 11.3. The molecule has 0 saturated carbocycles. The van der Waals surface area contributed by atoms with E-state index in [-0.39, 0.29) is 24.5 Å². The maximum atomic E-state index is 11.3. The SMILES string of the molecule is CC(C)NS(=O)(=O)NC1CCNC1.Cl. The minimum Gasteiger partial charge on any atom is -0.315 e. The third-order valence-electron chi connectivity index (χ3n) is 1.77. The van der Waals surface area contributed by atoms with Crippen LogP contribution >= 0.6 is 12.4 Å². The van der Waals surface area contributed by atoms with Gasteiger partial charge in [-0.2, -0.15) is 17.9 Å². The summed E-state index contributed by atoms with van der Waals surface area (Å²) in [7, 11) is -3.30. The Labute approximate surface area is 91.6 Å². The molecule has 1 saturated heterocycles. The van der Waals surface area contributed by atoms with E-state index in [1.54, 1.807) is 13.8 Å². The second-order valence-corrected chi connectivity index (χ2v) is 5.06. The highest BCUT2D eigenvalue weighted by Gasteiger charge is 2.20. The zero-order valence-electron chi connectivity index (χ0n) is 8.41. The molecule has 5 nitrogen and oxygen atoms in total. The summed E-state index contributed by atoms with van der Waals surface area (Å²) in [5, 5.41) is 3.09. The summed E-state index contributed by atoms with van der Waals surface area (Å²) in [6, 6.07) is -0.0249. The largest absolute Gasteiger partial charge is 0.315 e. The Morgan fingerprint density at radius 2 is 2.07 bits per heavy atom. The normalized spacial score (nSPS) is 22.4. The van der Waals surface area contributed by atoms with Crippen LogP contribution < -0.4 is 14.8 Å². The Bertz CT molecular complexity index is 250. The first kappa shape index (κ1) is 14.1. The number of nitrogens with one attached hydrogen (secondary N) is 3. The molecule has 0 bridgehead atoms. The summed E-state index contributed by atoms with van der Waals surface area (Å²) in [5.41, 5.74) is 0. The molecule has 0 aromatic carbocycles. The van der Waals surface area contributed by atoms with Crippen LogP contribution in [0.3, 0.4) is 0 Å². The molecule has 1 aliphatic rings. The summed E-state index contributed by atoms with van der Waals surface area (Å²) in [6.45, 7) is 5.20. The van der Waals surface area contributed by atoms with E-state index >= 15 is 0 Å². The molecule has 1 aliphatic heterocycles. The molecular weight excluding hydrogens is 226 g/mol. The van der Waals surface area contributed by atoms with Gasteiger partial charge in [-0.05, 0) is 26.8 Å². The second-order valence-electron chi connectivity index (χ2n) is 3.58. The van der Waals surface area contributed by atoms with Crippen LogP contribution in [0.1, 0.15) is 20.3 Å². The van der Waals surface area contributed by atoms with Gasteiger partial charge in [0.1, 0.15) is 0 Å². The number of hydrogen-bond acceptors (Lipinski definition) is 3. The molecule has 0 spiro atoms. The predicted molar refractivity (Wildman–Crippen MR) is 58.8 cm³/mol. The van der Waals surface area contributed by atoms with Crippen molar-refractivity contribution in [2.24, 2.45) is 0 Å². The smallest absolute Gasteiger partial charge is 0.277 e. The fraction of sp³-hybridized carbons (Fsp3) is 1.00. The Kier molecular flexibility index (Phi) is 5.92. The quantitative estimate of drug-likeness (QED) is 0.630. The number of rotatable bonds is 4. The van der Waals surface area contributed by atoms with Gasteiger partial charge in [0.2, 0.25) is 0 Å². The predicted octanol–water partition coefficient (Wildman–Crippen LogP) is -0.397. The topological polar surface area (TPSA) is 70.2 Å². The lowest BCUT2D eigenvalue weighted by Crippen LogP contribution is -2.45. The van der Waals surface area contributed by atoms with E-state index in [4.69, 9.17) is 0 Å². The minimum absolute atomic E-state index is 0. The first-order chi connectivity index (χ1) is 5.99. The van der Waals surface area contributed by atoms with Gasteiger partial charge < -0.3 is 5.32 Å². The molecule has 7 heteroatoms. The van der Waals surface area contributed by atoms with Crippen molar-refractivity contribution in [3.05, 3.63) is 0 Å². The second kappa shape index (κ2) is 5.87. The summed E-state index contributed by atoms with van der Waals surface area (Å²) < 4.78 is 27.8. The molecule has 0 radical (unpaired) electrons. The van der Waals surface area contributed by atoms with Gasteiger partial charge in [0.15, 0.2) is 0 Å². The molecule has 1 rings (SSSR count). The standard InChI is InChI=1S/C7H17N3O2S.ClH/c1-6(2)9-13(11,12)10-7-3-4-8-5-7;/h6-10H,3-5H2,1-2H3;1H. The lowest BCUT2D eigenvalue weighted by atomic mass is 10.3. The van der Waals surface area contributed by atoms with E-state index < -0.39 is 10.2 Å². The van der Waals surface area contributed by atoms with E-state index in [9.17, 15) is 8.42 Å². The van der Waals surface area contributed by atoms with Gasteiger partial charge in [0, 0.05) is 18.6 Å². The van der Waals surface area contributed by atoms with Crippen LogP contribution in [0, 0.1) is 0 Å². The van der Waals surface area contributed by atoms with Crippen molar-refractivity contribution in [2.45, 2.75) is 32.4 Å². The fourth-order valence-electron chi connectivity index (χ4n) is 1.32. The van der Waals surface area contributed by atoms with E-state index in [0.717, 1.165) is 19.5 Å². The van der Waals surface area contributed by atoms with Crippen LogP contribution in [-0.2, 0) is 10.2 Å². The van der Waals surface area contributed by atoms with E-state index in [2.05, 4.69) is 14.8 Å². The molecular formula is C7H18ClN3O2S. The first-order valence-electron chi connectivity index (χ1n) is 4.50. The van der Waals surface area contributed by atoms with Crippen molar-refractivity contribution in [3.8, 4) is 0 Å². The molecule has 0 amide bonds. The highest BCUT2D eigenvalue weighted by atomic mass is 35.5. The van der Waals surface area contributed by atoms with Gasteiger partial charge in [0.05, 0.1) is 0 Å². The molecule has 1 fully saturated rings. The Morgan fingerprint density at radius 3 is 2.50 bits per heavy atom. The van der Waals surface area contributed by atoms with Crippen LogP contribution in [0.25, 0.3) is 0 Å². The van der Waals surface area contributed by atoms with E-state index in [0.29, 0.717) is 0 Å². The van der Waals surface area contributed by atoms with Crippen molar-refractivity contribution in [1.29, 1.82) is 0 Å². The molecule has 0 aliphatic carbocycles. The zero-order valence-corrected chi connectivity index (χ0v) is 10.0. The maximum Gasteiger partial charge on any atom is 0.277 e. The third kappa shape index (κ3) is 5.11. The molecule has 14 heavy (non-hydrogen) atoms. The number of hydrogen-bond donors (Lipinski definition) is 3. The van der Waals surface area contributed by atoms with Crippen molar-refractivity contribution in [3.63, 3.8) is 0 Å². The van der Waals surface area contributed by atoms with Gasteiger partial charge in [-0.15, -0.1) is 12.4 Å². The van der Waals surface area contributed by atoms with Crippen molar-refractivity contribution in [2.75, 3.05) is 13.1 Å². The van der Waals surface area contributed by atoms with Crippen LogP contribution in [-0.4, -0.2) is 33.6 Å². The monoisotopic (exact) mass is 243 g/mol. The van der Waals surface area contributed by atoms with Gasteiger partial charge in [0.25, 0.3) is 10.2 Å². The number of halogens is 1. The summed E-state index contributed by atoms with van der Waals surface area (Å²) in [6.07, 6.45) is 0.860. The molecule has 3 N–H and O–H groups in total. The molecule has 0 aromatic heterocycles. The Balaban J connectivity index is 0.00000169. The van der Waals surface area contributed by atoms with Crippen LogP contribution in [0.5, 0.6) is 0 Å². The zero-order chi connectivity index (χ0) is 9.90. The highest BCUT2D eigenvalue weighted by Crippen LogP contribution is 1.98. The fourth-order valence-corrected chi connectivity index (χ4v) is 2.65. The Hall–Kier alpha value is 0.120. The van der Waals surface area contributed by atoms with Crippen molar-refractivity contribution >= 4 is 22.6 Å². The molecule has 0 aromatic rings. The summed E-state index contributed by atoms with van der Waals surface area (Å²) >= 11 is 0. The average Bonchev–Trinajstić information content (AvgIpc) is 2.34. The summed E-state index contributed by atoms with van der Waals surface area (Å²) in [4.78, 5) is 0. The van der Waals surface area contributed by atoms with E-state index in [1.165, 1.54) is 0 Å². The highest BCUT2D eigenvalue weighted by molar-refractivity contribution is 7.87. The minimum atomic E-state index is -3.30. The molecule has 1 unspecified atom stereocenters. The van der Waals surface area contributed by atoms with Gasteiger partial charge in [-0.25, -0.2) is 0 Å². The third-order valence-corrected chi connectivity index (χ3v) is 3.20. The lowest BCUT2D eigenvalue weighted by molar-refractivity contribution is 0.536. The van der Waals surface area contributed by atoms with Gasteiger partial charge in [-0.1, -0.05) is 0 Å². The first-order valence-corrected chi connectivity index (χ1v) is 5.98. The van der Waals surface area contributed by atoms with Crippen LogP contribution in [0.4, 0.5) is 0 Å². The summed E-state index contributed by atoms with van der Waals surface area (Å²) in [5.74, 6) is 0. The molecule has 86 valence electrons. The van der Waals surface area contributed by atoms with Crippen molar-refractivity contribution in [1.82, 2.24) is 14.8 Å². The van der Waals surface area contributed by atoms with Gasteiger partial charge in [-0.3, -0.25) is 0 Å². The van der Waals surface area contributed by atoms with Crippen LogP contribution in [0.15, 0.2) is 0 Å². The Morgan fingerprint density at radius 1 is 1.43 bits per heavy atom. The van der Waals surface area contributed by atoms with Crippen molar-refractivity contribution < 1.29 is 8.42 Å². The van der Waals surface area contributed by atoms with Gasteiger partial charge >= 0.3 is 0 Å². The lowest BCUT2D eigenvalue weighted by Gasteiger charge is -2.14. The van der Waals surface area contributed by atoms with Crippen LogP contribution in [0.2, 0.25) is 0 Å². The van der Waals surface area contributed by atoms with E-state index in [1.807, 2.05) is 0 Å².